The first kappa shape index (κ1) is 14.6. The predicted octanol–water partition coefficient (Wildman–Crippen LogP) is 3.33. The van der Waals surface area contributed by atoms with Gasteiger partial charge in [0, 0.05) is 23.8 Å². The van der Waals surface area contributed by atoms with E-state index in [0.717, 1.165) is 5.56 Å². The van der Waals surface area contributed by atoms with Gasteiger partial charge in [0.05, 0.1) is 17.7 Å². The average molecular weight is 311 g/mol. The second-order valence-electron chi connectivity index (χ2n) is 4.02. The van der Waals surface area contributed by atoms with Gasteiger partial charge >= 0.3 is 0 Å². The molecule has 2 rings (SSSR count). The van der Waals surface area contributed by atoms with E-state index in [1.165, 1.54) is 6.07 Å². The number of pyridine rings is 1. The summed E-state index contributed by atoms with van der Waals surface area (Å²) in [5.41, 5.74) is 1.25. The molecule has 104 valence electrons. The Morgan fingerprint density at radius 3 is 2.70 bits per heavy atom. The highest BCUT2D eigenvalue weighted by Gasteiger charge is 2.10. The number of carbonyl (C=O) groups is 1. The van der Waals surface area contributed by atoms with Gasteiger partial charge in [-0.1, -0.05) is 29.3 Å². The fourth-order valence-corrected chi connectivity index (χ4v) is 2.08. The van der Waals surface area contributed by atoms with Crippen LogP contribution in [0.3, 0.4) is 0 Å². The fourth-order valence-electron chi connectivity index (χ4n) is 1.59. The highest BCUT2D eigenvalue weighted by Crippen LogP contribution is 2.20. The SMILES string of the molecule is COc1ccc(CNC(=O)c2ccc(Cl)cc2Cl)cn1. The number of hydrogen-bond donors (Lipinski definition) is 1. The quantitative estimate of drug-likeness (QED) is 0.942. The largest absolute Gasteiger partial charge is 0.481 e. The second kappa shape index (κ2) is 6.59. The number of ether oxygens (including phenoxy) is 1. The molecule has 0 aliphatic heterocycles. The molecule has 6 heteroatoms. The zero-order valence-electron chi connectivity index (χ0n) is 10.7. The molecule has 1 amide bonds. The predicted molar refractivity (Wildman–Crippen MR) is 78.4 cm³/mol. The molecule has 0 saturated heterocycles. The lowest BCUT2D eigenvalue weighted by molar-refractivity contribution is 0.0951. The summed E-state index contributed by atoms with van der Waals surface area (Å²) in [6.45, 7) is 0.356. The number of benzene rings is 1. The number of rotatable bonds is 4. The molecular formula is C14H12Cl2N2O2. The minimum atomic E-state index is -0.262. The molecule has 0 aliphatic rings. The number of carbonyl (C=O) groups excluding carboxylic acids is 1. The van der Waals surface area contributed by atoms with Gasteiger partial charge in [0.1, 0.15) is 0 Å². The van der Waals surface area contributed by atoms with E-state index in [2.05, 4.69) is 10.3 Å². The Balaban J connectivity index is 2.00. The molecule has 0 unspecified atom stereocenters. The van der Waals surface area contributed by atoms with Crippen LogP contribution in [0.1, 0.15) is 15.9 Å². The number of amides is 1. The van der Waals surface area contributed by atoms with Crippen LogP contribution in [-0.2, 0) is 6.54 Å². The summed E-state index contributed by atoms with van der Waals surface area (Å²) in [5, 5.41) is 3.58. The number of nitrogens with one attached hydrogen (secondary N) is 1. The summed E-state index contributed by atoms with van der Waals surface area (Å²) in [6, 6.07) is 8.31. The van der Waals surface area contributed by atoms with Crippen molar-refractivity contribution in [2.75, 3.05) is 7.11 Å². The maximum Gasteiger partial charge on any atom is 0.253 e. The van der Waals surface area contributed by atoms with Crippen molar-refractivity contribution >= 4 is 29.1 Å². The molecular weight excluding hydrogens is 299 g/mol. The van der Waals surface area contributed by atoms with Gasteiger partial charge in [-0.2, -0.15) is 0 Å². The topological polar surface area (TPSA) is 51.2 Å². The molecule has 0 aliphatic carbocycles. The molecule has 0 radical (unpaired) electrons. The normalized spacial score (nSPS) is 10.2. The number of hydrogen-bond acceptors (Lipinski definition) is 3. The van der Waals surface area contributed by atoms with Crippen LogP contribution < -0.4 is 10.1 Å². The van der Waals surface area contributed by atoms with E-state index in [0.29, 0.717) is 28.0 Å². The van der Waals surface area contributed by atoms with Crippen LogP contribution in [0.5, 0.6) is 5.88 Å². The van der Waals surface area contributed by atoms with E-state index in [1.54, 1.807) is 31.5 Å². The van der Waals surface area contributed by atoms with Crippen LogP contribution in [0.15, 0.2) is 36.5 Å². The molecule has 1 N–H and O–H groups in total. The fraction of sp³-hybridized carbons (Fsp3) is 0.143. The van der Waals surface area contributed by atoms with Crippen LogP contribution >= 0.6 is 23.2 Å². The van der Waals surface area contributed by atoms with Crippen molar-refractivity contribution in [3.8, 4) is 5.88 Å². The third-order valence-electron chi connectivity index (χ3n) is 2.64. The standard InChI is InChI=1S/C14H12Cl2N2O2/c1-20-13-5-2-9(7-17-13)8-18-14(19)11-4-3-10(15)6-12(11)16/h2-7H,8H2,1H3,(H,18,19). The number of halogens is 2. The molecule has 4 nitrogen and oxygen atoms in total. The van der Waals surface area contributed by atoms with E-state index in [9.17, 15) is 4.79 Å². The molecule has 0 atom stereocenters. The van der Waals surface area contributed by atoms with Gasteiger partial charge in [-0.3, -0.25) is 4.79 Å². The summed E-state index contributed by atoms with van der Waals surface area (Å²) >= 11 is 11.8. The van der Waals surface area contributed by atoms with Crippen molar-refractivity contribution < 1.29 is 9.53 Å². The molecule has 0 saturated carbocycles. The third-order valence-corrected chi connectivity index (χ3v) is 3.18. The van der Waals surface area contributed by atoms with Crippen molar-refractivity contribution in [2.24, 2.45) is 0 Å². The van der Waals surface area contributed by atoms with Crippen molar-refractivity contribution in [1.29, 1.82) is 0 Å². The minimum absolute atomic E-state index is 0.262. The maximum atomic E-state index is 12.0. The lowest BCUT2D eigenvalue weighted by Crippen LogP contribution is -2.23. The van der Waals surface area contributed by atoms with Crippen molar-refractivity contribution in [3.05, 3.63) is 57.7 Å². The van der Waals surface area contributed by atoms with Gasteiger partial charge in [0.15, 0.2) is 0 Å². The third kappa shape index (κ3) is 3.62. The summed E-state index contributed by atoms with van der Waals surface area (Å²) in [5.74, 6) is 0.267. The first-order chi connectivity index (χ1) is 9.60. The number of aromatic nitrogens is 1. The highest BCUT2D eigenvalue weighted by molar-refractivity contribution is 6.36. The number of nitrogens with zero attached hydrogens (tertiary/aromatic N) is 1. The van der Waals surface area contributed by atoms with Crippen LogP contribution in [-0.4, -0.2) is 18.0 Å². The zero-order valence-corrected chi connectivity index (χ0v) is 12.2. The molecule has 2 aromatic rings. The van der Waals surface area contributed by atoms with Crippen molar-refractivity contribution in [3.63, 3.8) is 0 Å². The summed E-state index contributed by atoms with van der Waals surface area (Å²) in [6.07, 6.45) is 1.64. The first-order valence-corrected chi connectivity index (χ1v) is 6.58. The van der Waals surface area contributed by atoms with Gasteiger partial charge in [0.2, 0.25) is 5.88 Å². The van der Waals surface area contributed by atoms with Gasteiger partial charge in [0.25, 0.3) is 5.91 Å². The smallest absolute Gasteiger partial charge is 0.253 e. The first-order valence-electron chi connectivity index (χ1n) is 5.82. The highest BCUT2D eigenvalue weighted by atomic mass is 35.5. The maximum absolute atomic E-state index is 12.0. The second-order valence-corrected chi connectivity index (χ2v) is 4.86. The van der Waals surface area contributed by atoms with Gasteiger partial charge in [-0.25, -0.2) is 4.98 Å². The van der Waals surface area contributed by atoms with Crippen LogP contribution in [0.4, 0.5) is 0 Å². The van der Waals surface area contributed by atoms with E-state index >= 15 is 0 Å². The van der Waals surface area contributed by atoms with Gasteiger partial charge < -0.3 is 10.1 Å². The summed E-state index contributed by atoms with van der Waals surface area (Å²) < 4.78 is 4.96. The van der Waals surface area contributed by atoms with Crippen LogP contribution in [0, 0.1) is 0 Å². The molecule has 0 fully saturated rings. The Kier molecular flexibility index (Phi) is 4.82. The van der Waals surface area contributed by atoms with Crippen LogP contribution in [0.2, 0.25) is 10.0 Å². The Morgan fingerprint density at radius 2 is 2.10 bits per heavy atom. The van der Waals surface area contributed by atoms with E-state index in [4.69, 9.17) is 27.9 Å². The van der Waals surface area contributed by atoms with Crippen LogP contribution in [0.25, 0.3) is 0 Å². The molecule has 1 aromatic heterocycles. The van der Waals surface area contributed by atoms with E-state index < -0.39 is 0 Å². The van der Waals surface area contributed by atoms with E-state index in [-0.39, 0.29) is 5.91 Å². The molecule has 0 spiro atoms. The number of methoxy groups -OCH3 is 1. The van der Waals surface area contributed by atoms with Crippen molar-refractivity contribution in [1.82, 2.24) is 10.3 Å². The molecule has 1 aromatic carbocycles. The Labute approximate surface area is 126 Å². The van der Waals surface area contributed by atoms with Gasteiger partial charge in [-0.05, 0) is 23.8 Å². The monoisotopic (exact) mass is 310 g/mol. The Morgan fingerprint density at radius 1 is 1.30 bits per heavy atom. The molecule has 20 heavy (non-hydrogen) atoms. The summed E-state index contributed by atoms with van der Waals surface area (Å²) in [7, 11) is 1.55. The minimum Gasteiger partial charge on any atom is -0.481 e. The molecule has 1 heterocycles. The van der Waals surface area contributed by atoms with Crippen molar-refractivity contribution in [2.45, 2.75) is 6.54 Å². The van der Waals surface area contributed by atoms with Gasteiger partial charge in [-0.15, -0.1) is 0 Å². The average Bonchev–Trinajstić information content (AvgIpc) is 2.45. The Bertz CT molecular complexity index is 615. The lowest BCUT2D eigenvalue weighted by Gasteiger charge is -2.07. The molecule has 0 bridgehead atoms. The lowest BCUT2D eigenvalue weighted by atomic mass is 10.2. The Hall–Kier alpha value is -1.78. The zero-order chi connectivity index (χ0) is 14.5. The summed E-state index contributed by atoms with van der Waals surface area (Å²) in [4.78, 5) is 16.0. The van der Waals surface area contributed by atoms with E-state index in [1.807, 2.05) is 6.07 Å².